The minimum Gasteiger partial charge on any atom is -0.496 e. The number of esters is 1. The van der Waals surface area contributed by atoms with Crippen LogP contribution in [0.15, 0.2) is 54.9 Å². The Morgan fingerprint density at radius 2 is 1.93 bits per heavy atom. The third-order valence-corrected chi connectivity index (χ3v) is 6.13. The Balaban J connectivity index is 1.75. The summed E-state index contributed by atoms with van der Waals surface area (Å²) >= 11 is 0. The van der Waals surface area contributed by atoms with Gasteiger partial charge in [-0.3, -0.25) is 9.78 Å². The van der Waals surface area contributed by atoms with Gasteiger partial charge in [0.2, 0.25) is 0 Å². The van der Waals surface area contributed by atoms with Gasteiger partial charge in [-0.25, -0.2) is 13.7 Å². The minimum absolute atomic E-state index is 0.100. The van der Waals surface area contributed by atoms with Crippen LogP contribution in [0, 0.1) is 11.3 Å². The SMILES string of the molecule is COC(=O)c1ccc(Nc2cc(-c3ccc4cc(C#N)cnn34)ncc2C(=O)NC[C@@H](F)C(C)(C)O)cc1OC. The molecule has 0 aliphatic heterocycles. The van der Waals surface area contributed by atoms with Gasteiger partial charge in [0.25, 0.3) is 5.91 Å². The highest BCUT2D eigenvalue weighted by molar-refractivity contribution is 6.01. The number of rotatable bonds is 9. The molecule has 1 amide bonds. The Labute approximate surface area is 229 Å². The first-order valence-electron chi connectivity index (χ1n) is 12.1. The van der Waals surface area contributed by atoms with Gasteiger partial charge in [0, 0.05) is 18.0 Å². The highest BCUT2D eigenvalue weighted by Crippen LogP contribution is 2.30. The first-order chi connectivity index (χ1) is 19.0. The second-order valence-corrected chi connectivity index (χ2v) is 9.39. The fourth-order valence-electron chi connectivity index (χ4n) is 3.86. The number of benzene rings is 1. The van der Waals surface area contributed by atoms with Crippen molar-refractivity contribution in [3.05, 3.63) is 71.5 Å². The molecule has 3 N–H and O–H groups in total. The predicted molar refractivity (Wildman–Crippen MR) is 144 cm³/mol. The van der Waals surface area contributed by atoms with Crippen LogP contribution in [-0.2, 0) is 4.74 Å². The molecule has 0 fully saturated rings. The third kappa shape index (κ3) is 5.84. The Morgan fingerprint density at radius 3 is 2.60 bits per heavy atom. The molecule has 3 aromatic heterocycles. The number of nitrogens with one attached hydrogen (secondary N) is 2. The molecular formula is C28H27FN6O5. The number of aliphatic hydroxyl groups is 1. The number of ether oxygens (including phenoxy) is 2. The van der Waals surface area contributed by atoms with Gasteiger partial charge in [-0.2, -0.15) is 10.4 Å². The molecule has 1 aromatic carbocycles. The van der Waals surface area contributed by atoms with Gasteiger partial charge in [-0.05, 0) is 50.2 Å². The maximum absolute atomic E-state index is 14.3. The molecule has 0 aliphatic rings. The van der Waals surface area contributed by atoms with E-state index >= 15 is 0 Å². The van der Waals surface area contributed by atoms with Gasteiger partial charge in [0.1, 0.15) is 23.6 Å². The lowest BCUT2D eigenvalue weighted by Crippen LogP contribution is -2.42. The number of nitrogens with zero attached hydrogens (tertiary/aromatic N) is 4. The summed E-state index contributed by atoms with van der Waals surface area (Å²) in [5, 5.41) is 29.0. The maximum Gasteiger partial charge on any atom is 0.341 e. The van der Waals surface area contributed by atoms with Crippen LogP contribution in [0.2, 0.25) is 0 Å². The normalized spacial score (nSPS) is 11.9. The lowest BCUT2D eigenvalue weighted by Gasteiger charge is -2.22. The molecule has 206 valence electrons. The van der Waals surface area contributed by atoms with Crippen LogP contribution in [0.25, 0.3) is 16.9 Å². The van der Waals surface area contributed by atoms with E-state index in [4.69, 9.17) is 9.47 Å². The van der Waals surface area contributed by atoms with Crippen molar-refractivity contribution in [3.63, 3.8) is 0 Å². The van der Waals surface area contributed by atoms with Crippen molar-refractivity contribution in [1.29, 1.82) is 5.26 Å². The molecule has 0 aliphatic carbocycles. The van der Waals surface area contributed by atoms with Crippen LogP contribution in [0.5, 0.6) is 5.75 Å². The summed E-state index contributed by atoms with van der Waals surface area (Å²) in [4.78, 5) is 29.6. The molecular weight excluding hydrogens is 519 g/mol. The van der Waals surface area contributed by atoms with Crippen molar-refractivity contribution < 1.29 is 28.6 Å². The zero-order chi connectivity index (χ0) is 29.0. The topological polar surface area (TPSA) is 151 Å². The van der Waals surface area contributed by atoms with E-state index in [1.54, 1.807) is 40.9 Å². The number of alkyl halides is 1. The number of hydrogen-bond donors (Lipinski definition) is 3. The van der Waals surface area contributed by atoms with Crippen LogP contribution in [-0.4, -0.2) is 64.1 Å². The molecule has 1 atom stereocenters. The summed E-state index contributed by atoms with van der Waals surface area (Å²) in [5.74, 6) is -0.949. The number of halogens is 1. The summed E-state index contributed by atoms with van der Waals surface area (Å²) in [6, 6.07) is 13.6. The molecule has 0 saturated carbocycles. The van der Waals surface area contributed by atoms with Crippen LogP contribution in [0.1, 0.15) is 40.1 Å². The van der Waals surface area contributed by atoms with Gasteiger partial charge < -0.3 is 25.2 Å². The zero-order valence-corrected chi connectivity index (χ0v) is 22.2. The molecule has 4 rings (SSSR count). The van der Waals surface area contributed by atoms with Gasteiger partial charge in [0.15, 0.2) is 0 Å². The number of hydrogen-bond acceptors (Lipinski definition) is 9. The second-order valence-electron chi connectivity index (χ2n) is 9.39. The van der Waals surface area contributed by atoms with E-state index in [-0.39, 0.29) is 16.9 Å². The predicted octanol–water partition coefficient (Wildman–Crippen LogP) is 3.65. The lowest BCUT2D eigenvalue weighted by molar-refractivity contribution is -0.00178. The van der Waals surface area contributed by atoms with E-state index in [9.17, 15) is 24.3 Å². The largest absolute Gasteiger partial charge is 0.496 e. The van der Waals surface area contributed by atoms with Crippen LogP contribution >= 0.6 is 0 Å². The fraction of sp³-hybridized carbons (Fsp3) is 0.250. The van der Waals surface area contributed by atoms with Gasteiger partial charge in [-0.1, -0.05) is 0 Å². The van der Waals surface area contributed by atoms with E-state index in [0.717, 1.165) is 0 Å². The van der Waals surface area contributed by atoms with Crippen molar-refractivity contribution in [2.24, 2.45) is 0 Å². The zero-order valence-electron chi connectivity index (χ0n) is 22.2. The number of aromatic nitrogens is 3. The number of amides is 1. The Bertz CT molecular complexity index is 1620. The molecule has 3 heterocycles. The fourth-order valence-corrected chi connectivity index (χ4v) is 3.86. The Morgan fingerprint density at radius 1 is 1.15 bits per heavy atom. The number of carbonyl (C=O) groups excluding carboxylic acids is 2. The van der Waals surface area contributed by atoms with Crippen LogP contribution in [0.3, 0.4) is 0 Å². The molecule has 12 heteroatoms. The number of pyridine rings is 1. The van der Waals surface area contributed by atoms with Crippen molar-refractivity contribution >= 4 is 28.8 Å². The summed E-state index contributed by atoms with van der Waals surface area (Å²) in [6.07, 6.45) is 1.07. The standard InChI is InChI=1S/C28H27FN6O5/c1-28(2,38)25(29)15-32-26(36)20-14-31-22(23-8-6-18-9-16(12-30)13-33-35(18)23)11-21(20)34-17-5-7-19(27(37)40-4)24(10-17)39-3/h5-11,13-14,25,38H,15H2,1-4H3,(H,31,34)(H,32,36)/t25-/m1/s1. The molecule has 11 nitrogen and oxygen atoms in total. The van der Waals surface area contributed by atoms with Gasteiger partial charge in [-0.15, -0.1) is 0 Å². The number of carbonyl (C=O) groups is 2. The average molecular weight is 547 g/mol. The smallest absolute Gasteiger partial charge is 0.341 e. The van der Waals surface area contributed by atoms with Crippen molar-refractivity contribution in [2.75, 3.05) is 26.1 Å². The molecule has 4 aromatic rings. The number of nitriles is 1. The summed E-state index contributed by atoms with van der Waals surface area (Å²) in [6.45, 7) is 2.21. The molecule has 0 unspecified atom stereocenters. The molecule has 0 spiro atoms. The number of methoxy groups -OCH3 is 2. The van der Waals surface area contributed by atoms with E-state index in [0.29, 0.717) is 33.8 Å². The molecule has 0 bridgehead atoms. The quantitative estimate of drug-likeness (QED) is 0.267. The van der Waals surface area contributed by atoms with E-state index in [1.807, 2.05) is 0 Å². The lowest BCUT2D eigenvalue weighted by atomic mass is 10.0. The Hall–Kier alpha value is -5.02. The van der Waals surface area contributed by atoms with E-state index < -0.39 is 30.2 Å². The monoisotopic (exact) mass is 546 g/mol. The van der Waals surface area contributed by atoms with E-state index in [2.05, 4.69) is 26.8 Å². The first kappa shape index (κ1) is 28.0. The Kier molecular flexibility index (Phi) is 7.97. The molecule has 0 radical (unpaired) electrons. The minimum atomic E-state index is -1.70. The molecule has 40 heavy (non-hydrogen) atoms. The highest BCUT2D eigenvalue weighted by Gasteiger charge is 2.27. The third-order valence-electron chi connectivity index (χ3n) is 6.13. The maximum atomic E-state index is 14.3. The second kappa shape index (κ2) is 11.4. The van der Waals surface area contributed by atoms with Crippen molar-refractivity contribution in [3.8, 4) is 23.2 Å². The summed E-state index contributed by atoms with van der Waals surface area (Å²) in [5.41, 5.74) is 1.61. The average Bonchev–Trinajstić information content (AvgIpc) is 3.37. The first-order valence-corrected chi connectivity index (χ1v) is 12.1. The van der Waals surface area contributed by atoms with Crippen LogP contribution < -0.4 is 15.4 Å². The molecule has 0 saturated heterocycles. The summed E-state index contributed by atoms with van der Waals surface area (Å²) < 4.78 is 26.1. The number of fused-ring (bicyclic) bond motifs is 1. The van der Waals surface area contributed by atoms with Gasteiger partial charge in [0.05, 0.1) is 66.3 Å². The van der Waals surface area contributed by atoms with Crippen LogP contribution in [0.4, 0.5) is 15.8 Å². The van der Waals surface area contributed by atoms with Crippen molar-refractivity contribution in [1.82, 2.24) is 19.9 Å². The summed E-state index contributed by atoms with van der Waals surface area (Å²) in [7, 11) is 2.67. The number of anilines is 2. The van der Waals surface area contributed by atoms with Crippen molar-refractivity contribution in [2.45, 2.75) is 25.6 Å². The van der Waals surface area contributed by atoms with Gasteiger partial charge >= 0.3 is 5.97 Å². The highest BCUT2D eigenvalue weighted by atomic mass is 19.1. The van der Waals surface area contributed by atoms with E-state index in [1.165, 1.54) is 46.5 Å².